The van der Waals surface area contributed by atoms with Crippen molar-refractivity contribution in [2.75, 3.05) is 0 Å². The molecule has 0 bridgehead atoms. The first-order valence-electron chi connectivity index (χ1n) is 5.19. The predicted molar refractivity (Wildman–Crippen MR) is 61.9 cm³/mol. The standard InChI is InChI=1S/C13H13NO2/c1-9(16-10(2)15)13-7-11-5-3-4-6-12(11)8-14-13/h3-9H,1-2H3. The molecule has 0 saturated carbocycles. The first-order valence-corrected chi connectivity index (χ1v) is 5.19. The molecule has 0 aliphatic rings. The SMILES string of the molecule is CC(=O)OC(C)c1cc2ccccc2cn1. The topological polar surface area (TPSA) is 39.2 Å². The highest BCUT2D eigenvalue weighted by atomic mass is 16.5. The van der Waals surface area contributed by atoms with E-state index in [0.717, 1.165) is 16.5 Å². The van der Waals surface area contributed by atoms with Gasteiger partial charge in [0.1, 0.15) is 6.10 Å². The molecule has 0 aliphatic heterocycles. The first kappa shape index (κ1) is 10.6. The second-order valence-electron chi connectivity index (χ2n) is 3.71. The van der Waals surface area contributed by atoms with Crippen molar-refractivity contribution in [3.63, 3.8) is 0 Å². The summed E-state index contributed by atoms with van der Waals surface area (Å²) in [5.74, 6) is -0.289. The van der Waals surface area contributed by atoms with Crippen LogP contribution in [0.25, 0.3) is 10.8 Å². The monoisotopic (exact) mass is 215 g/mol. The Morgan fingerprint density at radius 3 is 2.69 bits per heavy atom. The fourth-order valence-electron chi connectivity index (χ4n) is 1.63. The van der Waals surface area contributed by atoms with Gasteiger partial charge in [0.25, 0.3) is 0 Å². The van der Waals surface area contributed by atoms with Crippen molar-refractivity contribution in [3.8, 4) is 0 Å². The van der Waals surface area contributed by atoms with Crippen LogP contribution in [0.2, 0.25) is 0 Å². The van der Waals surface area contributed by atoms with Crippen LogP contribution in [-0.2, 0) is 9.53 Å². The average molecular weight is 215 g/mol. The van der Waals surface area contributed by atoms with Gasteiger partial charge < -0.3 is 4.74 Å². The molecular weight excluding hydrogens is 202 g/mol. The second kappa shape index (κ2) is 4.31. The fraction of sp³-hybridized carbons (Fsp3) is 0.231. The number of carbonyl (C=O) groups excluding carboxylic acids is 1. The molecule has 3 nitrogen and oxygen atoms in total. The molecule has 1 heterocycles. The van der Waals surface area contributed by atoms with Crippen LogP contribution in [0.3, 0.4) is 0 Å². The molecule has 1 aromatic carbocycles. The van der Waals surface area contributed by atoms with E-state index in [1.54, 1.807) is 6.20 Å². The minimum Gasteiger partial charge on any atom is -0.456 e. The number of aromatic nitrogens is 1. The Balaban J connectivity index is 2.35. The summed E-state index contributed by atoms with van der Waals surface area (Å²) in [5.41, 5.74) is 0.772. The number of hydrogen-bond donors (Lipinski definition) is 0. The van der Waals surface area contributed by atoms with Crippen LogP contribution in [0.4, 0.5) is 0 Å². The summed E-state index contributed by atoms with van der Waals surface area (Å²) >= 11 is 0. The first-order chi connectivity index (χ1) is 7.66. The summed E-state index contributed by atoms with van der Waals surface area (Å²) in [4.78, 5) is 15.1. The second-order valence-corrected chi connectivity index (χ2v) is 3.71. The fourth-order valence-corrected chi connectivity index (χ4v) is 1.63. The van der Waals surface area contributed by atoms with Gasteiger partial charge in [-0.3, -0.25) is 9.78 Å². The van der Waals surface area contributed by atoms with Gasteiger partial charge >= 0.3 is 5.97 Å². The third-order valence-electron chi connectivity index (χ3n) is 2.41. The van der Waals surface area contributed by atoms with Crippen molar-refractivity contribution in [3.05, 3.63) is 42.2 Å². The Hall–Kier alpha value is -1.90. The summed E-state index contributed by atoms with van der Waals surface area (Å²) in [6, 6.07) is 9.91. The van der Waals surface area contributed by atoms with Crippen molar-refractivity contribution in [1.82, 2.24) is 4.98 Å². The van der Waals surface area contributed by atoms with Crippen LogP contribution in [-0.4, -0.2) is 11.0 Å². The predicted octanol–water partition coefficient (Wildman–Crippen LogP) is 2.86. The van der Waals surface area contributed by atoms with Crippen molar-refractivity contribution in [2.45, 2.75) is 20.0 Å². The number of fused-ring (bicyclic) bond motifs is 1. The van der Waals surface area contributed by atoms with E-state index >= 15 is 0 Å². The van der Waals surface area contributed by atoms with E-state index < -0.39 is 0 Å². The van der Waals surface area contributed by atoms with Gasteiger partial charge in [-0.15, -0.1) is 0 Å². The molecular formula is C13H13NO2. The highest BCUT2D eigenvalue weighted by molar-refractivity contribution is 5.81. The van der Waals surface area contributed by atoms with Crippen LogP contribution in [0.5, 0.6) is 0 Å². The number of benzene rings is 1. The van der Waals surface area contributed by atoms with Gasteiger partial charge in [-0.05, 0) is 18.4 Å². The molecule has 1 aromatic heterocycles. The zero-order valence-corrected chi connectivity index (χ0v) is 9.31. The highest BCUT2D eigenvalue weighted by Gasteiger charge is 2.10. The number of carbonyl (C=O) groups is 1. The van der Waals surface area contributed by atoms with Gasteiger partial charge in [-0.1, -0.05) is 24.3 Å². The van der Waals surface area contributed by atoms with Gasteiger partial charge in [0.2, 0.25) is 0 Å². The van der Waals surface area contributed by atoms with E-state index in [1.807, 2.05) is 37.3 Å². The van der Waals surface area contributed by atoms with Crippen LogP contribution < -0.4 is 0 Å². The molecule has 0 aliphatic carbocycles. The summed E-state index contributed by atoms with van der Waals surface area (Å²) in [5, 5.41) is 2.19. The number of ether oxygens (including phenoxy) is 1. The van der Waals surface area contributed by atoms with Gasteiger partial charge in [0, 0.05) is 18.5 Å². The molecule has 0 fully saturated rings. The zero-order chi connectivity index (χ0) is 11.5. The molecule has 0 spiro atoms. The Kier molecular flexibility index (Phi) is 2.86. The summed E-state index contributed by atoms with van der Waals surface area (Å²) in [6.45, 7) is 3.22. The zero-order valence-electron chi connectivity index (χ0n) is 9.31. The van der Waals surface area contributed by atoms with Crippen LogP contribution >= 0.6 is 0 Å². The van der Waals surface area contributed by atoms with Gasteiger partial charge in [-0.25, -0.2) is 0 Å². The van der Waals surface area contributed by atoms with Gasteiger partial charge in [0.05, 0.1) is 5.69 Å². The minimum absolute atomic E-state index is 0.289. The number of rotatable bonds is 2. The Morgan fingerprint density at radius 2 is 2.00 bits per heavy atom. The number of pyridine rings is 1. The lowest BCUT2D eigenvalue weighted by Gasteiger charge is -2.11. The van der Waals surface area contributed by atoms with E-state index in [9.17, 15) is 4.79 Å². The lowest BCUT2D eigenvalue weighted by atomic mass is 10.1. The summed E-state index contributed by atoms with van der Waals surface area (Å²) in [6.07, 6.45) is 1.49. The smallest absolute Gasteiger partial charge is 0.303 e. The maximum Gasteiger partial charge on any atom is 0.303 e. The maximum absolute atomic E-state index is 10.8. The maximum atomic E-state index is 10.8. The lowest BCUT2D eigenvalue weighted by molar-refractivity contribution is -0.145. The van der Waals surface area contributed by atoms with Crippen LogP contribution in [0, 0.1) is 0 Å². The van der Waals surface area contributed by atoms with E-state index in [1.165, 1.54) is 6.92 Å². The Labute approximate surface area is 94.1 Å². The van der Waals surface area contributed by atoms with Crippen LogP contribution in [0.15, 0.2) is 36.5 Å². The molecule has 1 atom stereocenters. The van der Waals surface area contributed by atoms with E-state index in [2.05, 4.69) is 4.98 Å². The lowest BCUT2D eigenvalue weighted by Crippen LogP contribution is -2.06. The molecule has 16 heavy (non-hydrogen) atoms. The molecule has 3 heteroatoms. The highest BCUT2D eigenvalue weighted by Crippen LogP contribution is 2.19. The van der Waals surface area contributed by atoms with E-state index in [0.29, 0.717) is 0 Å². The van der Waals surface area contributed by atoms with Crippen molar-refractivity contribution in [2.24, 2.45) is 0 Å². The average Bonchev–Trinajstić information content (AvgIpc) is 2.27. The van der Waals surface area contributed by atoms with E-state index in [4.69, 9.17) is 4.74 Å². The third kappa shape index (κ3) is 2.19. The molecule has 2 rings (SSSR count). The summed E-state index contributed by atoms with van der Waals surface area (Å²) in [7, 11) is 0. The Morgan fingerprint density at radius 1 is 1.31 bits per heavy atom. The minimum atomic E-state index is -0.304. The normalized spacial score (nSPS) is 12.4. The molecule has 0 N–H and O–H groups in total. The van der Waals surface area contributed by atoms with Crippen molar-refractivity contribution < 1.29 is 9.53 Å². The summed E-state index contributed by atoms with van der Waals surface area (Å²) < 4.78 is 5.08. The van der Waals surface area contributed by atoms with Crippen LogP contribution in [0.1, 0.15) is 25.6 Å². The van der Waals surface area contributed by atoms with Crippen molar-refractivity contribution in [1.29, 1.82) is 0 Å². The molecule has 82 valence electrons. The number of esters is 1. The molecule has 0 amide bonds. The molecule has 1 unspecified atom stereocenters. The molecule has 2 aromatic rings. The largest absolute Gasteiger partial charge is 0.456 e. The van der Waals surface area contributed by atoms with E-state index in [-0.39, 0.29) is 12.1 Å². The van der Waals surface area contributed by atoms with Crippen molar-refractivity contribution >= 4 is 16.7 Å². The molecule has 0 radical (unpaired) electrons. The van der Waals surface area contributed by atoms with Gasteiger partial charge in [-0.2, -0.15) is 0 Å². The Bertz CT molecular complexity index is 522. The third-order valence-corrected chi connectivity index (χ3v) is 2.41. The quantitative estimate of drug-likeness (QED) is 0.723. The number of hydrogen-bond acceptors (Lipinski definition) is 3. The molecule has 0 saturated heterocycles. The number of nitrogens with zero attached hydrogens (tertiary/aromatic N) is 1. The van der Waals surface area contributed by atoms with Gasteiger partial charge in [0.15, 0.2) is 0 Å².